The van der Waals surface area contributed by atoms with Gasteiger partial charge in [0.05, 0.1) is 11.4 Å². The van der Waals surface area contributed by atoms with Crippen molar-refractivity contribution in [1.82, 2.24) is 5.32 Å². The molecule has 0 spiro atoms. The van der Waals surface area contributed by atoms with Gasteiger partial charge in [0.25, 0.3) is 0 Å². The molecule has 1 heterocycles. The van der Waals surface area contributed by atoms with E-state index in [4.69, 9.17) is 27.9 Å². The zero-order valence-electron chi connectivity index (χ0n) is 7.74. The van der Waals surface area contributed by atoms with Crippen molar-refractivity contribution in [2.24, 2.45) is 0 Å². The zero-order valence-corrected chi connectivity index (χ0v) is 9.26. The third-order valence-corrected chi connectivity index (χ3v) is 3.01. The van der Waals surface area contributed by atoms with E-state index in [0.29, 0.717) is 11.6 Å². The van der Waals surface area contributed by atoms with Crippen LogP contribution in [0.25, 0.3) is 0 Å². The fourth-order valence-corrected chi connectivity index (χ4v) is 1.94. The number of alkyl carbamates (subject to hydrolysis) is 1. The number of hydrogen-bond donors (Lipinski definition) is 1. The van der Waals surface area contributed by atoms with Crippen LogP contribution >= 0.6 is 23.2 Å². The Morgan fingerprint density at radius 1 is 1.53 bits per heavy atom. The predicted octanol–water partition coefficient (Wildman–Crippen LogP) is 2.73. The number of nitrogens with one attached hydrogen (secondary N) is 1. The van der Waals surface area contributed by atoms with Crippen LogP contribution in [-0.4, -0.2) is 18.7 Å². The second kappa shape index (κ2) is 4.29. The average molecular weight is 246 g/mol. The normalized spacial score (nSPS) is 22.0. The molecule has 5 heteroatoms. The van der Waals surface area contributed by atoms with E-state index < -0.39 is 6.09 Å². The molecule has 0 aromatic heterocycles. The number of alkyl halides is 1. The van der Waals surface area contributed by atoms with E-state index in [1.807, 2.05) is 12.1 Å². The molecule has 0 bridgehead atoms. The molecule has 1 N–H and O–H groups in total. The van der Waals surface area contributed by atoms with E-state index in [1.54, 1.807) is 12.1 Å². The van der Waals surface area contributed by atoms with Gasteiger partial charge in [-0.15, -0.1) is 11.6 Å². The Balaban J connectivity index is 2.13. The van der Waals surface area contributed by atoms with Crippen molar-refractivity contribution >= 4 is 29.3 Å². The zero-order chi connectivity index (χ0) is 10.8. The van der Waals surface area contributed by atoms with Crippen LogP contribution in [0.1, 0.15) is 10.9 Å². The number of ether oxygens (including phenoxy) is 1. The summed E-state index contributed by atoms with van der Waals surface area (Å²) < 4.78 is 4.77. The summed E-state index contributed by atoms with van der Waals surface area (Å²) in [4.78, 5) is 10.8. The molecule has 1 aliphatic rings. The predicted molar refractivity (Wildman–Crippen MR) is 58.3 cm³/mol. The van der Waals surface area contributed by atoms with Gasteiger partial charge in [-0.2, -0.15) is 0 Å². The van der Waals surface area contributed by atoms with Crippen molar-refractivity contribution in [1.29, 1.82) is 0 Å². The number of amides is 1. The van der Waals surface area contributed by atoms with Crippen LogP contribution in [0.5, 0.6) is 0 Å². The lowest BCUT2D eigenvalue weighted by molar-refractivity contribution is 0.176. The third kappa shape index (κ3) is 2.36. The van der Waals surface area contributed by atoms with Gasteiger partial charge in [-0.05, 0) is 17.7 Å². The topological polar surface area (TPSA) is 38.3 Å². The minimum atomic E-state index is -0.423. The minimum absolute atomic E-state index is 0.197. The van der Waals surface area contributed by atoms with Crippen LogP contribution in [0.2, 0.25) is 5.02 Å². The van der Waals surface area contributed by atoms with Crippen molar-refractivity contribution in [3.8, 4) is 0 Å². The fraction of sp³-hybridized carbons (Fsp3) is 0.300. The molecule has 0 unspecified atom stereocenters. The highest BCUT2D eigenvalue weighted by Gasteiger charge is 2.29. The van der Waals surface area contributed by atoms with Gasteiger partial charge in [0.15, 0.2) is 0 Å². The molecule has 1 saturated heterocycles. The molecule has 1 aromatic carbocycles. The molecule has 0 saturated carbocycles. The quantitative estimate of drug-likeness (QED) is 0.814. The highest BCUT2D eigenvalue weighted by molar-refractivity contribution is 6.30. The van der Waals surface area contributed by atoms with Crippen LogP contribution < -0.4 is 5.32 Å². The Kier molecular flexibility index (Phi) is 3.03. The Labute approximate surface area is 97.3 Å². The van der Waals surface area contributed by atoms with Crippen molar-refractivity contribution in [3.63, 3.8) is 0 Å². The fourth-order valence-electron chi connectivity index (χ4n) is 1.47. The van der Waals surface area contributed by atoms with Crippen molar-refractivity contribution in [2.45, 2.75) is 11.4 Å². The maximum atomic E-state index is 10.8. The molecular weight excluding hydrogens is 237 g/mol. The molecule has 80 valence electrons. The number of rotatable bonds is 2. The minimum Gasteiger partial charge on any atom is -0.447 e. The van der Waals surface area contributed by atoms with E-state index in [9.17, 15) is 4.79 Å². The second-order valence-corrected chi connectivity index (χ2v) is 4.21. The van der Waals surface area contributed by atoms with E-state index in [2.05, 4.69) is 5.32 Å². The number of carbonyl (C=O) groups excluding carboxylic acids is 1. The number of cyclic esters (lactones) is 1. The molecule has 2 atom stereocenters. The Bertz CT molecular complexity index is 383. The highest BCUT2D eigenvalue weighted by atomic mass is 35.5. The third-order valence-electron chi connectivity index (χ3n) is 2.22. The van der Waals surface area contributed by atoms with E-state index in [-0.39, 0.29) is 11.4 Å². The summed E-state index contributed by atoms with van der Waals surface area (Å²) in [5.74, 6) is 0. The average Bonchev–Trinajstić information content (AvgIpc) is 2.64. The van der Waals surface area contributed by atoms with Crippen molar-refractivity contribution < 1.29 is 9.53 Å². The monoisotopic (exact) mass is 245 g/mol. The molecule has 3 nitrogen and oxygen atoms in total. The van der Waals surface area contributed by atoms with Gasteiger partial charge < -0.3 is 10.1 Å². The lowest BCUT2D eigenvalue weighted by Gasteiger charge is -2.15. The van der Waals surface area contributed by atoms with Crippen molar-refractivity contribution in [3.05, 3.63) is 34.9 Å². The lowest BCUT2D eigenvalue weighted by atomic mass is 10.1. The molecule has 0 radical (unpaired) electrons. The van der Waals surface area contributed by atoms with Gasteiger partial charge in [0.2, 0.25) is 0 Å². The van der Waals surface area contributed by atoms with Crippen LogP contribution in [0.3, 0.4) is 0 Å². The Morgan fingerprint density at radius 3 is 2.93 bits per heavy atom. The van der Waals surface area contributed by atoms with E-state index >= 15 is 0 Å². The maximum Gasteiger partial charge on any atom is 0.407 e. The molecule has 1 fully saturated rings. The first-order chi connectivity index (χ1) is 7.16. The van der Waals surface area contributed by atoms with E-state index in [1.165, 1.54) is 0 Å². The molecule has 0 aliphatic carbocycles. The summed E-state index contributed by atoms with van der Waals surface area (Å²) in [6.07, 6.45) is -0.423. The maximum absolute atomic E-state index is 10.8. The number of hydrogen-bond acceptors (Lipinski definition) is 2. The molecule has 2 rings (SSSR count). The number of benzene rings is 1. The van der Waals surface area contributed by atoms with Crippen LogP contribution in [0.15, 0.2) is 24.3 Å². The summed E-state index contributed by atoms with van der Waals surface area (Å²) in [6, 6.07) is 7.05. The Morgan fingerprint density at radius 2 is 2.33 bits per heavy atom. The molecule has 1 aromatic rings. The highest BCUT2D eigenvalue weighted by Crippen LogP contribution is 2.28. The van der Waals surface area contributed by atoms with Gasteiger partial charge in [-0.1, -0.05) is 23.7 Å². The largest absolute Gasteiger partial charge is 0.447 e. The second-order valence-electron chi connectivity index (χ2n) is 3.31. The Hall–Kier alpha value is -0.930. The molecule has 1 amide bonds. The van der Waals surface area contributed by atoms with Gasteiger partial charge in [0, 0.05) is 5.02 Å². The smallest absolute Gasteiger partial charge is 0.407 e. The molecular formula is C10H9Cl2NO2. The van der Waals surface area contributed by atoms with Crippen LogP contribution in [-0.2, 0) is 4.74 Å². The summed E-state index contributed by atoms with van der Waals surface area (Å²) in [7, 11) is 0. The summed E-state index contributed by atoms with van der Waals surface area (Å²) in [6.45, 7) is 0.291. The van der Waals surface area contributed by atoms with Gasteiger partial charge >= 0.3 is 6.09 Å². The van der Waals surface area contributed by atoms with Crippen molar-refractivity contribution in [2.75, 3.05) is 6.61 Å². The molecule has 1 aliphatic heterocycles. The first-order valence-corrected chi connectivity index (χ1v) is 5.31. The number of halogens is 2. The number of carbonyl (C=O) groups is 1. The van der Waals surface area contributed by atoms with Gasteiger partial charge in [-0.25, -0.2) is 4.79 Å². The summed E-state index contributed by atoms with van der Waals surface area (Å²) >= 11 is 12.0. The molecule has 15 heavy (non-hydrogen) atoms. The van der Waals surface area contributed by atoms with E-state index in [0.717, 1.165) is 5.56 Å². The first-order valence-electron chi connectivity index (χ1n) is 4.49. The summed E-state index contributed by atoms with van der Waals surface area (Å²) in [5.41, 5.74) is 0.875. The SMILES string of the molecule is O=C1N[C@@H]([C@@H](Cl)c2cccc(Cl)c2)CO1. The van der Waals surface area contributed by atoms with Crippen LogP contribution in [0.4, 0.5) is 4.79 Å². The van der Waals surface area contributed by atoms with Gasteiger partial charge in [0.1, 0.15) is 6.61 Å². The lowest BCUT2D eigenvalue weighted by Crippen LogP contribution is -2.30. The van der Waals surface area contributed by atoms with Crippen LogP contribution in [0, 0.1) is 0 Å². The van der Waals surface area contributed by atoms with Gasteiger partial charge in [-0.3, -0.25) is 0 Å². The first kappa shape index (κ1) is 10.6. The standard InChI is InChI=1S/C10H9Cl2NO2/c11-7-3-1-2-6(4-7)9(12)8-5-15-10(14)13-8/h1-4,8-9H,5H2,(H,13,14)/t8-,9+/m1/s1. The summed E-state index contributed by atoms with van der Waals surface area (Å²) in [5, 5.41) is 2.94.